The average molecular weight is 373 g/mol. The van der Waals surface area contributed by atoms with E-state index in [0.29, 0.717) is 0 Å². The van der Waals surface area contributed by atoms with Gasteiger partial charge >= 0.3 is 32.7 Å². The second kappa shape index (κ2) is 42.8. The van der Waals surface area contributed by atoms with Gasteiger partial charge < -0.3 is 24.8 Å². The van der Waals surface area contributed by atoms with Crippen LogP contribution in [0.5, 0.6) is 0 Å². The molecule has 0 heterocycles. The molecule has 3 radical (unpaired) electrons. The van der Waals surface area contributed by atoms with Gasteiger partial charge in [0.1, 0.15) is 0 Å². The van der Waals surface area contributed by atoms with Gasteiger partial charge in [0.15, 0.2) is 0 Å². The molecule has 1 rings (SSSR count). The van der Waals surface area contributed by atoms with Gasteiger partial charge in [0, 0.05) is 9.84 Å². The fraction of sp³-hybridized carbons (Fsp3) is 0.778. The van der Waals surface area contributed by atoms with Crippen LogP contribution in [0.2, 0.25) is 0 Å². The van der Waals surface area contributed by atoms with E-state index in [2.05, 4.69) is 37.8 Å². The number of nitrogens with zero attached hydrogens (tertiary/aromatic N) is 1. The molecule has 0 unspecified atom stereocenters. The Morgan fingerprint density at radius 3 is 1.86 bits per heavy atom. The molecule has 0 fully saturated rings. The van der Waals surface area contributed by atoms with Crippen molar-refractivity contribution in [2.45, 2.75) is 74.1 Å². The van der Waals surface area contributed by atoms with Gasteiger partial charge in [-0.3, -0.25) is 6.08 Å². The maximum Gasteiger partial charge on any atom is 3.00 e. The van der Waals surface area contributed by atoms with Crippen LogP contribution in [0.1, 0.15) is 75.6 Å². The van der Waals surface area contributed by atoms with E-state index in [-0.39, 0.29) is 50.0 Å². The predicted octanol–water partition coefficient (Wildman–Crippen LogP) is 5.84. The Bertz CT molecular complexity index is 130. The maximum absolute atomic E-state index is 3.71. The van der Waals surface area contributed by atoms with Crippen LogP contribution in [-0.2, 0) is 32.7 Å². The van der Waals surface area contributed by atoms with E-state index in [1.165, 1.54) is 32.1 Å². The Labute approximate surface area is 166 Å². The molecule has 0 aliphatic heterocycles. The molecule has 1 aliphatic rings. The van der Waals surface area contributed by atoms with Crippen molar-refractivity contribution in [3.05, 3.63) is 26.0 Å². The first-order chi connectivity index (χ1) is 8.85. The van der Waals surface area contributed by atoms with Crippen molar-refractivity contribution in [3.8, 4) is 0 Å². The first-order valence-electron chi connectivity index (χ1n) is 7.71. The largest absolute Gasteiger partial charge is 3.00 e. The van der Waals surface area contributed by atoms with Gasteiger partial charge in [-0.05, 0) is 6.54 Å². The fourth-order valence-corrected chi connectivity index (χ4v) is 1.28. The minimum absolute atomic E-state index is 0. The zero-order valence-corrected chi connectivity index (χ0v) is 17.6. The third-order valence-corrected chi connectivity index (χ3v) is 2.39. The van der Waals surface area contributed by atoms with Crippen LogP contribution in [0.4, 0.5) is 0 Å². The standard InChI is InChI=1S/C7H11.C6H13N.2C2H6.CH4.B.Y.H2/c1-2-4-6-7-5-3-1;1-4-7(5-2)6-3;2*1-2;;;;/h1H,2,4-7H2;1-2,4-6H2,3H3;2*1-2H3;1H4;;;1H/q-1;-2;;;;;+3;/i;;;;;;;1+1. The molecule has 0 saturated carbocycles. The monoisotopic (exact) mass is 373 g/mol. The van der Waals surface area contributed by atoms with Gasteiger partial charge in [0.05, 0.1) is 0 Å². The molecule has 1 aliphatic carbocycles. The second-order valence-electron chi connectivity index (χ2n) is 3.44. The summed E-state index contributed by atoms with van der Waals surface area (Å²) in [6, 6.07) is 0. The summed E-state index contributed by atoms with van der Waals surface area (Å²) in [5, 5.41) is 0. The average Bonchev–Trinajstić information content (AvgIpc) is 2.78. The molecule has 0 spiro atoms. The van der Waals surface area contributed by atoms with Crippen molar-refractivity contribution >= 4 is 8.41 Å². The van der Waals surface area contributed by atoms with Crippen LogP contribution in [0.25, 0.3) is 0 Å². The molecular formula is C18H42BNY. The van der Waals surface area contributed by atoms with E-state index in [1.807, 2.05) is 27.7 Å². The van der Waals surface area contributed by atoms with Crippen molar-refractivity contribution in [3.63, 3.8) is 0 Å². The molecule has 0 N–H and O–H groups in total. The van der Waals surface area contributed by atoms with Crippen molar-refractivity contribution in [2.75, 3.05) is 19.6 Å². The molecule has 3 heteroatoms. The molecule has 125 valence electrons. The van der Waals surface area contributed by atoms with Crippen molar-refractivity contribution in [1.29, 1.82) is 0 Å². The number of allylic oxidation sites excluding steroid dienone is 2. The number of hydrogen-bond acceptors (Lipinski definition) is 1. The van der Waals surface area contributed by atoms with E-state index in [9.17, 15) is 0 Å². The predicted molar refractivity (Wildman–Crippen MR) is 101 cm³/mol. The van der Waals surface area contributed by atoms with Gasteiger partial charge in [0.2, 0.25) is 0 Å². The summed E-state index contributed by atoms with van der Waals surface area (Å²) in [7, 11) is 0. The van der Waals surface area contributed by atoms with Crippen LogP contribution in [0.3, 0.4) is 0 Å². The fourth-order valence-electron chi connectivity index (χ4n) is 1.28. The molecule has 0 saturated heterocycles. The Balaban J connectivity index is -0.0000000290. The number of hydrogen-bond donors (Lipinski definition) is 0. The third kappa shape index (κ3) is 38.6. The summed E-state index contributed by atoms with van der Waals surface area (Å²) in [5.41, 5.74) is 0. The topological polar surface area (TPSA) is 3.24 Å². The maximum atomic E-state index is 3.71. The molecule has 0 aromatic carbocycles. The molecule has 0 aromatic heterocycles. The summed E-state index contributed by atoms with van der Waals surface area (Å²) in [6.07, 6.45) is 12.0. The second-order valence-corrected chi connectivity index (χ2v) is 3.44. The summed E-state index contributed by atoms with van der Waals surface area (Å²) in [6.45, 7) is 20.3. The Hall–Kier alpha value is 0.869. The smallest absolute Gasteiger partial charge is 0.501 e. The Morgan fingerprint density at radius 1 is 1.05 bits per heavy atom. The van der Waals surface area contributed by atoms with Crippen molar-refractivity contribution in [2.24, 2.45) is 0 Å². The molecule has 0 bridgehead atoms. The van der Waals surface area contributed by atoms with E-state index in [4.69, 9.17) is 0 Å². The SMILES string of the molecule is C.CC.CC.[2HH].[B].[C-]1=CCCCCC1.[CH2-]CN(C[CH2-])CC.[Y+3]. The summed E-state index contributed by atoms with van der Waals surface area (Å²) >= 11 is 0. The minimum Gasteiger partial charge on any atom is -0.501 e. The van der Waals surface area contributed by atoms with Crippen LogP contribution >= 0.6 is 0 Å². The Kier molecular flexibility index (Phi) is 77.1. The first-order valence-corrected chi connectivity index (χ1v) is 7.71. The summed E-state index contributed by atoms with van der Waals surface area (Å²) in [5.74, 6) is 0. The van der Waals surface area contributed by atoms with Gasteiger partial charge in [-0.25, -0.2) is 0 Å². The molecular weight excluding hydrogens is 330 g/mol. The third-order valence-electron chi connectivity index (χ3n) is 2.39. The van der Waals surface area contributed by atoms with Crippen LogP contribution in [0, 0.1) is 19.9 Å². The van der Waals surface area contributed by atoms with Gasteiger partial charge in [-0.15, -0.1) is 13.1 Å². The van der Waals surface area contributed by atoms with Crippen molar-refractivity contribution in [1.82, 2.24) is 4.90 Å². The summed E-state index contributed by atoms with van der Waals surface area (Å²) in [4.78, 5) is 2.15. The summed E-state index contributed by atoms with van der Waals surface area (Å²) < 4.78 is 0. The minimum atomic E-state index is 0. The van der Waals surface area contributed by atoms with E-state index in [0.717, 1.165) is 19.6 Å². The van der Waals surface area contributed by atoms with Gasteiger partial charge in [-0.1, -0.05) is 67.7 Å². The van der Waals surface area contributed by atoms with E-state index >= 15 is 0 Å². The normalized spacial score (nSPS) is 11.2. The zero-order chi connectivity index (χ0) is 14.6. The van der Waals surface area contributed by atoms with Gasteiger partial charge in [-0.2, -0.15) is 6.42 Å². The first kappa shape index (κ1) is 37.8. The van der Waals surface area contributed by atoms with Gasteiger partial charge in [0.25, 0.3) is 0 Å². The molecule has 0 aromatic rings. The molecule has 1 nitrogen and oxygen atoms in total. The van der Waals surface area contributed by atoms with Crippen molar-refractivity contribution < 1.29 is 34.1 Å². The number of rotatable bonds is 3. The molecule has 0 amide bonds. The van der Waals surface area contributed by atoms with Crippen LogP contribution in [0.15, 0.2) is 6.08 Å². The quantitative estimate of drug-likeness (QED) is 0.444. The van der Waals surface area contributed by atoms with Crippen LogP contribution in [-0.4, -0.2) is 32.9 Å². The Morgan fingerprint density at radius 2 is 1.52 bits per heavy atom. The zero-order valence-electron chi connectivity index (χ0n) is 14.8. The van der Waals surface area contributed by atoms with E-state index in [1.54, 1.807) is 0 Å². The van der Waals surface area contributed by atoms with Crippen LogP contribution < -0.4 is 0 Å². The van der Waals surface area contributed by atoms with E-state index < -0.39 is 0 Å². The molecule has 0 atom stereocenters. The molecule has 21 heavy (non-hydrogen) atoms.